The van der Waals surface area contributed by atoms with Gasteiger partial charge in [-0.3, -0.25) is 0 Å². The Kier molecular flexibility index (Phi) is 3.66. The fourth-order valence-corrected chi connectivity index (χ4v) is 1.36. The summed E-state index contributed by atoms with van der Waals surface area (Å²) < 4.78 is 10.3. The monoisotopic (exact) mass is 218 g/mol. The van der Waals surface area contributed by atoms with Crippen LogP contribution in [0.5, 0.6) is 0 Å². The number of ether oxygens (including phenoxy) is 1. The van der Waals surface area contributed by atoms with Crippen molar-refractivity contribution in [3.05, 3.63) is 36.2 Å². The van der Waals surface area contributed by atoms with Gasteiger partial charge in [0.05, 0.1) is 13.0 Å². The summed E-state index contributed by atoms with van der Waals surface area (Å²) in [7, 11) is 0. The van der Waals surface area contributed by atoms with Crippen LogP contribution >= 0.6 is 0 Å². The third kappa shape index (κ3) is 2.67. The minimum Gasteiger partial charge on any atom is -0.381 e. The van der Waals surface area contributed by atoms with Crippen molar-refractivity contribution in [2.45, 2.75) is 13.3 Å². The van der Waals surface area contributed by atoms with Crippen LogP contribution in [0.3, 0.4) is 0 Å². The molecule has 0 amide bonds. The maximum Gasteiger partial charge on any atom is 0.229 e. The molecular formula is C12H14N2O2. The number of rotatable bonds is 5. The van der Waals surface area contributed by atoms with Gasteiger partial charge in [-0.25, -0.2) is 0 Å². The summed E-state index contributed by atoms with van der Waals surface area (Å²) in [6.07, 6.45) is 0.660. The van der Waals surface area contributed by atoms with Gasteiger partial charge in [0.25, 0.3) is 0 Å². The van der Waals surface area contributed by atoms with E-state index in [9.17, 15) is 0 Å². The topological polar surface area (TPSA) is 48.2 Å². The Labute approximate surface area is 94.2 Å². The van der Waals surface area contributed by atoms with Crippen LogP contribution in [0.25, 0.3) is 11.4 Å². The molecule has 0 aliphatic carbocycles. The highest BCUT2D eigenvalue weighted by Crippen LogP contribution is 2.14. The number of aromatic nitrogens is 2. The molecule has 1 aromatic carbocycles. The Balaban J connectivity index is 2.02. The molecule has 0 radical (unpaired) electrons. The molecule has 0 bridgehead atoms. The van der Waals surface area contributed by atoms with Gasteiger partial charge in [-0.05, 0) is 6.92 Å². The maximum atomic E-state index is 5.22. The van der Waals surface area contributed by atoms with Gasteiger partial charge in [0, 0.05) is 12.2 Å². The lowest BCUT2D eigenvalue weighted by Crippen LogP contribution is -1.97. The van der Waals surface area contributed by atoms with Crippen LogP contribution in [0.4, 0.5) is 0 Å². The predicted octanol–water partition coefficient (Wildman–Crippen LogP) is 2.32. The molecule has 4 nitrogen and oxygen atoms in total. The number of nitrogens with zero attached hydrogens (tertiary/aromatic N) is 2. The second-order valence-corrected chi connectivity index (χ2v) is 3.32. The van der Waals surface area contributed by atoms with Gasteiger partial charge in [0.15, 0.2) is 0 Å². The lowest BCUT2D eigenvalue weighted by Gasteiger charge is -1.95. The van der Waals surface area contributed by atoms with Crippen molar-refractivity contribution in [1.29, 1.82) is 0 Å². The quantitative estimate of drug-likeness (QED) is 0.722. The molecule has 0 aliphatic rings. The molecule has 0 atom stereocenters. The summed E-state index contributed by atoms with van der Waals surface area (Å²) >= 11 is 0. The summed E-state index contributed by atoms with van der Waals surface area (Å²) in [6, 6.07) is 9.77. The molecule has 2 rings (SSSR count). The third-order valence-electron chi connectivity index (χ3n) is 2.16. The zero-order valence-corrected chi connectivity index (χ0v) is 9.22. The Hall–Kier alpha value is -1.68. The normalized spacial score (nSPS) is 10.6. The first-order chi connectivity index (χ1) is 7.90. The third-order valence-corrected chi connectivity index (χ3v) is 2.16. The first-order valence-electron chi connectivity index (χ1n) is 5.36. The van der Waals surface area contributed by atoms with E-state index in [1.165, 1.54) is 0 Å². The van der Waals surface area contributed by atoms with Gasteiger partial charge >= 0.3 is 0 Å². The van der Waals surface area contributed by atoms with E-state index < -0.39 is 0 Å². The highest BCUT2D eigenvalue weighted by molar-refractivity contribution is 5.53. The molecule has 84 valence electrons. The van der Waals surface area contributed by atoms with Crippen molar-refractivity contribution in [2.24, 2.45) is 0 Å². The largest absolute Gasteiger partial charge is 0.381 e. The van der Waals surface area contributed by atoms with Crippen LogP contribution in [0, 0.1) is 0 Å². The van der Waals surface area contributed by atoms with Gasteiger partial charge in [0.1, 0.15) is 0 Å². The molecule has 0 unspecified atom stereocenters. The Morgan fingerprint density at radius 3 is 2.81 bits per heavy atom. The second-order valence-electron chi connectivity index (χ2n) is 3.32. The highest BCUT2D eigenvalue weighted by Gasteiger charge is 2.07. The summed E-state index contributed by atoms with van der Waals surface area (Å²) in [5.41, 5.74) is 0.967. The van der Waals surface area contributed by atoms with Gasteiger partial charge in [0.2, 0.25) is 11.7 Å². The average molecular weight is 218 g/mol. The van der Waals surface area contributed by atoms with E-state index >= 15 is 0 Å². The van der Waals surface area contributed by atoms with Crippen molar-refractivity contribution in [3.8, 4) is 11.4 Å². The molecule has 0 aliphatic heterocycles. The molecule has 4 heteroatoms. The molecule has 1 heterocycles. The van der Waals surface area contributed by atoms with E-state index in [0.717, 1.165) is 5.56 Å². The fraction of sp³-hybridized carbons (Fsp3) is 0.333. The van der Waals surface area contributed by atoms with E-state index in [2.05, 4.69) is 10.1 Å². The Morgan fingerprint density at radius 2 is 2.06 bits per heavy atom. The van der Waals surface area contributed by atoms with E-state index in [4.69, 9.17) is 9.26 Å². The molecule has 0 saturated carbocycles. The predicted molar refractivity (Wildman–Crippen MR) is 59.9 cm³/mol. The van der Waals surface area contributed by atoms with Crippen molar-refractivity contribution in [1.82, 2.24) is 10.1 Å². The Morgan fingerprint density at radius 1 is 1.25 bits per heavy atom. The maximum absolute atomic E-state index is 5.22. The van der Waals surface area contributed by atoms with Gasteiger partial charge in [-0.1, -0.05) is 35.5 Å². The van der Waals surface area contributed by atoms with Crippen molar-refractivity contribution >= 4 is 0 Å². The van der Waals surface area contributed by atoms with Crippen LogP contribution < -0.4 is 0 Å². The van der Waals surface area contributed by atoms with Crippen LogP contribution in [0.1, 0.15) is 12.8 Å². The second kappa shape index (κ2) is 5.42. The van der Waals surface area contributed by atoms with Crippen molar-refractivity contribution in [3.63, 3.8) is 0 Å². The first-order valence-corrected chi connectivity index (χ1v) is 5.36. The molecule has 0 saturated heterocycles. The van der Waals surface area contributed by atoms with Crippen LogP contribution in [0.15, 0.2) is 34.9 Å². The van der Waals surface area contributed by atoms with Gasteiger partial charge in [-0.2, -0.15) is 4.98 Å². The van der Waals surface area contributed by atoms with E-state index in [1.54, 1.807) is 0 Å². The molecule has 0 spiro atoms. The number of hydrogen-bond acceptors (Lipinski definition) is 4. The number of hydrogen-bond donors (Lipinski definition) is 0. The minimum atomic E-state index is 0.618. The fourth-order valence-electron chi connectivity index (χ4n) is 1.36. The Bertz CT molecular complexity index is 426. The molecule has 0 fully saturated rings. The van der Waals surface area contributed by atoms with Crippen LogP contribution in [0.2, 0.25) is 0 Å². The smallest absolute Gasteiger partial charge is 0.229 e. The highest BCUT2D eigenvalue weighted by atomic mass is 16.5. The summed E-state index contributed by atoms with van der Waals surface area (Å²) in [6.45, 7) is 3.29. The molecular weight excluding hydrogens is 204 g/mol. The van der Waals surface area contributed by atoms with Crippen LogP contribution in [-0.4, -0.2) is 23.4 Å². The van der Waals surface area contributed by atoms with Crippen molar-refractivity contribution in [2.75, 3.05) is 13.2 Å². The molecule has 16 heavy (non-hydrogen) atoms. The van der Waals surface area contributed by atoms with E-state index in [0.29, 0.717) is 31.3 Å². The zero-order chi connectivity index (χ0) is 11.2. The molecule has 1 aromatic heterocycles. The van der Waals surface area contributed by atoms with Gasteiger partial charge < -0.3 is 9.26 Å². The molecule has 0 N–H and O–H groups in total. The van der Waals surface area contributed by atoms with E-state index in [1.807, 2.05) is 37.3 Å². The first kappa shape index (κ1) is 10.8. The lowest BCUT2D eigenvalue weighted by atomic mass is 10.2. The lowest BCUT2D eigenvalue weighted by molar-refractivity contribution is 0.144. The SMILES string of the molecule is CCOCCc1nc(-c2ccccc2)no1. The van der Waals surface area contributed by atoms with Gasteiger partial charge in [-0.15, -0.1) is 0 Å². The number of benzene rings is 1. The summed E-state index contributed by atoms with van der Waals surface area (Å²) in [4.78, 5) is 4.29. The molecule has 2 aromatic rings. The van der Waals surface area contributed by atoms with Crippen molar-refractivity contribution < 1.29 is 9.26 Å². The minimum absolute atomic E-state index is 0.618. The van der Waals surface area contributed by atoms with Crippen LogP contribution in [-0.2, 0) is 11.2 Å². The zero-order valence-electron chi connectivity index (χ0n) is 9.22. The van der Waals surface area contributed by atoms with E-state index in [-0.39, 0.29) is 0 Å². The average Bonchev–Trinajstić information content (AvgIpc) is 2.79. The summed E-state index contributed by atoms with van der Waals surface area (Å²) in [5.74, 6) is 1.25. The standard InChI is InChI=1S/C12H14N2O2/c1-2-15-9-8-11-13-12(14-16-11)10-6-4-3-5-7-10/h3-7H,2,8-9H2,1H3. The summed E-state index contributed by atoms with van der Waals surface area (Å²) in [5, 5.41) is 3.92.